The summed E-state index contributed by atoms with van der Waals surface area (Å²) in [6.45, 7) is 4.66. The van der Waals surface area contributed by atoms with E-state index in [2.05, 4.69) is 9.80 Å². The number of piperazine rings is 1. The standard InChI is InChI=1S/C21H22N4O4/c1-15-2-4-17(5-3-15)24-20(26)14-19(21(24)27)23-12-10-22(11-13-23)16-6-8-18(9-7-16)25(28)29/h2-9,19H,10-14H2,1H3. The van der Waals surface area contributed by atoms with Gasteiger partial charge >= 0.3 is 0 Å². The molecule has 2 aliphatic heterocycles. The maximum absolute atomic E-state index is 12.9. The number of amides is 2. The van der Waals surface area contributed by atoms with Gasteiger partial charge in [0.1, 0.15) is 0 Å². The van der Waals surface area contributed by atoms with Gasteiger partial charge < -0.3 is 4.90 Å². The maximum Gasteiger partial charge on any atom is 0.269 e. The highest BCUT2D eigenvalue weighted by molar-refractivity contribution is 6.22. The van der Waals surface area contributed by atoms with E-state index in [1.165, 1.54) is 17.0 Å². The average molecular weight is 394 g/mol. The van der Waals surface area contributed by atoms with Gasteiger partial charge in [-0.25, -0.2) is 4.90 Å². The van der Waals surface area contributed by atoms with Crippen LogP contribution in [-0.4, -0.2) is 53.9 Å². The van der Waals surface area contributed by atoms with Crippen LogP contribution in [0.2, 0.25) is 0 Å². The summed E-state index contributed by atoms with van der Waals surface area (Å²) in [4.78, 5) is 41.3. The van der Waals surface area contributed by atoms with Gasteiger partial charge in [-0.2, -0.15) is 0 Å². The lowest BCUT2D eigenvalue weighted by Crippen LogP contribution is -2.52. The van der Waals surface area contributed by atoms with E-state index in [1.807, 2.05) is 19.1 Å². The number of hydrogen-bond donors (Lipinski definition) is 0. The van der Waals surface area contributed by atoms with Crippen LogP contribution in [0.5, 0.6) is 0 Å². The monoisotopic (exact) mass is 394 g/mol. The van der Waals surface area contributed by atoms with E-state index in [1.54, 1.807) is 24.3 Å². The van der Waals surface area contributed by atoms with Crippen LogP contribution < -0.4 is 9.80 Å². The van der Waals surface area contributed by atoms with Crippen LogP contribution in [0.4, 0.5) is 17.1 Å². The number of nitrogens with zero attached hydrogens (tertiary/aromatic N) is 4. The molecule has 1 atom stereocenters. The quantitative estimate of drug-likeness (QED) is 0.449. The van der Waals surface area contributed by atoms with Gasteiger partial charge in [0.25, 0.3) is 11.6 Å². The van der Waals surface area contributed by atoms with Crippen molar-refractivity contribution in [3.05, 3.63) is 64.2 Å². The SMILES string of the molecule is Cc1ccc(N2C(=O)CC(N3CCN(c4ccc([N+](=O)[O-])cc4)CC3)C2=O)cc1. The highest BCUT2D eigenvalue weighted by Gasteiger charge is 2.43. The predicted molar refractivity (Wildman–Crippen MR) is 109 cm³/mol. The van der Waals surface area contributed by atoms with Gasteiger partial charge in [-0.15, -0.1) is 0 Å². The summed E-state index contributed by atoms with van der Waals surface area (Å²) in [6.07, 6.45) is 0.199. The molecule has 0 spiro atoms. The molecule has 8 heteroatoms. The number of aryl methyl sites for hydroxylation is 1. The van der Waals surface area contributed by atoms with Gasteiger partial charge in [0.2, 0.25) is 5.91 Å². The summed E-state index contributed by atoms with van der Waals surface area (Å²) >= 11 is 0. The Kier molecular flexibility index (Phi) is 5.02. The zero-order valence-electron chi connectivity index (χ0n) is 16.2. The third-order valence-corrected chi connectivity index (χ3v) is 5.60. The minimum atomic E-state index is -0.428. The molecule has 0 aromatic heterocycles. The van der Waals surface area contributed by atoms with Crippen LogP contribution in [-0.2, 0) is 9.59 Å². The van der Waals surface area contributed by atoms with Gasteiger partial charge in [0.15, 0.2) is 0 Å². The minimum Gasteiger partial charge on any atom is -0.369 e. The van der Waals surface area contributed by atoms with Crippen molar-refractivity contribution >= 4 is 28.9 Å². The zero-order valence-corrected chi connectivity index (χ0v) is 16.2. The molecule has 0 aliphatic carbocycles. The topological polar surface area (TPSA) is 87.0 Å². The molecule has 1 unspecified atom stereocenters. The fourth-order valence-corrected chi connectivity index (χ4v) is 3.94. The van der Waals surface area contributed by atoms with E-state index >= 15 is 0 Å². The number of anilines is 2. The van der Waals surface area contributed by atoms with E-state index < -0.39 is 11.0 Å². The second kappa shape index (κ2) is 7.63. The predicted octanol–water partition coefficient (Wildman–Crippen LogP) is 2.36. The van der Waals surface area contributed by atoms with Gasteiger partial charge in [-0.1, -0.05) is 17.7 Å². The smallest absolute Gasteiger partial charge is 0.269 e. The Hall–Kier alpha value is -3.26. The van der Waals surface area contributed by atoms with Crippen molar-refractivity contribution in [2.24, 2.45) is 0 Å². The first-order chi connectivity index (χ1) is 13.9. The molecular formula is C21H22N4O4. The number of nitro benzene ring substituents is 1. The Balaban J connectivity index is 1.41. The lowest BCUT2D eigenvalue weighted by Gasteiger charge is -2.38. The second-order valence-corrected chi connectivity index (χ2v) is 7.42. The van der Waals surface area contributed by atoms with Crippen LogP contribution >= 0.6 is 0 Å². The summed E-state index contributed by atoms with van der Waals surface area (Å²) in [5, 5.41) is 10.8. The molecule has 150 valence electrons. The summed E-state index contributed by atoms with van der Waals surface area (Å²) in [5.74, 6) is -0.329. The van der Waals surface area contributed by atoms with Gasteiger partial charge in [0, 0.05) is 44.0 Å². The van der Waals surface area contributed by atoms with Crippen molar-refractivity contribution in [1.29, 1.82) is 0 Å². The molecule has 2 aromatic carbocycles. The fraction of sp³-hybridized carbons (Fsp3) is 0.333. The number of hydrogen-bond acceptors (Lipinski definition) is 6. The van der Waals surface area contributed by atoms with Gasteiger partial charge in [-0.05, 0) is 31.2 Å². The molecular weight excluding hydrogens is 372 g/mol. The molecule has 0 bridgehead atoms. The number of non-ortho nitro benzene ring substituents is 1. The Morgan fingerprint density at radius 1 is 0.897 bits per heavy atom. The first-order valence-electron chi connectivity index (χ1n) is 9.61. The number of benzene rings is 2. The van der Waals surface area contributed by atoms with E-state index in [0.29, 0.717) is 31.9 Å². The Labute approximate surface area is 168 Å². The molecule has 0 saturated carbocycles. The highest BCUT2D eigenvalue weighted by Crippen LogP contribution is 2.27. The van der Waals surface area contributed by atoms with Gasteiger partial charge in [0.05, 0.1) is 23.1 Å². The zero-order chi connectivity index (χ0) is 20.5. The molecule has 2 saturated heterocycles. The third kappa shape index (κ3) is 3.71. The molecule has 0 N–H and O–H groups in total. The molecule has 0 radical (unpaired) electrons. The van der Waals surface area contributed by atoms with Crippen LogP contribution in [0, 0.1) is 17.0 Å². The van der Waals surface area contributed by atoms with Crippen molar-refractivity contribution < 1.29 is 14.5 Å². The third-order valence-electron chi connectivity index (χ3n) is 5.60. The second-order valence-electron chi connectivity index (χ2n) is 7.42. The van der Waals surface area contributed by atoms with Crippen molar-refractivity contribution in [1.82, 2.24) is 4.90 Å². The van der Waals surface area contributed by atoms with E-state index in [9.17, 15) is 19.7 Å². The van der Waals surface area contributed by atoms with Crippen LogP contribution in [0.3, 0.4) is 0 Å². The molecule has 8 nitrogen and oxygen atoms in total. The lowest BCUT2D eigenvalue weighted by atomic mass is 10.1. The normalized spacial score (nSPS) is 20.4. The first kappa shape index (κ1) is 19.1. The van der Waals surface area contributed by atoms with Crippen LogP contribution in [0.15, 0.2) is 48.5 Å². The molecule has 2 heterocycles. The number of imide groups is 1. The van der Waals surface area contributed by atoms with Crippen molar-refractivity contribution in [3.8, 4) is 0 Å². The Morgan fingerprint density at radius 2 is 1.48 bits per heavy atom. The Bertz CT molecular complexity index is 934. The molecule has 29 heavy (non-hydrogen) atoms. The van der Waals surface area contributed by atoms with E-state index in [4.69, 9.17) is 0 Å². The van der Waals surface area contributed by atoms with Crippen molar-refractivity contribution in [2.45, 2.75) is 19.4 Å². The summed E-state index contributed by atoms with van der Waals surface area (Å²) in [7, 11) is 0. The van der Waals surface area contributed by atoms with Crippen molar-refractivity contribution in [2.75, 3.05) is 36.0 Å². The summed E-state index contributed by atoms with van der Waals surface area (Å²) in [5.41, 5.74) is 2.69. The summed E-state index contributed by atoms with van der Waals surface area (Å²) in [6, 6.07) is 13.5. The average Bonchev–Trinajstić information content (AvgIpc) is 3.03. The van der Waals surface area contributed by atoms with Crippen molar-refractivity contribution in [3.63, 3.8) is 0 Å². The summed E-state index contributed by atoms with van der Waals surface area (Å²) < 4.78 is 0. The molecule has 2 amide bonds. The molecule has 2 aromatic rings. The number of carbonyl (C=O) groups is 2. The highest BCUT2D eigenvalue weighted by atomic mass is 16.6. The van der Waals surface area contributed by atoms with E-state index in [0.717, 1.165) is 11.3 Å². The molecule has 2 fully saturated rings. The molecule has 2 aliphatic rings. The fourth-order valence-electron chi connectivity index (χ4n) is 3.94. The Morgan fingerprint density at radius 3 is 2.07 bits per heavy atom. The minimum absolute atomic E-state index is 0.0682. The van der Waals surface area contributed by atoms with E-state index in [-0.39, 0.29) is 23.9 Å². The maximum atomic E-state index is 12.9. The first-order valence-corrected chi connectivity index (χ1v) is 9.61. The van der Waals surface area contributed by atoms with Crippen LogP contribution in [0.1, 0.15) is 12.0 Å². The van der Waals surface area contributed by atoms with Gasteiger partial charge in [-0.3, -0.25) is 24.6 Å². The lowest BCUT2D eigenvalue weighted by molar-refractivity contribution is -0.384. The van der Waals surface area contributed by atoms with Crippen LogP contribution in [0.25, 0.3) is 0 Å². The number of nitro groups is 1. The molecule has 4 rings (SSSR count). The number of carbonyl (C=O) groups excluding carboxylic acids is 2. The largest absolute Gasteiger partial charge is 0.369 e. The number of rotatable bonds is 4.